The summed E-state index contributed by atoms with van der Waals surface area (Å²) in [5.74, 6) is 0.941. The molecule has 2 aliphatic rings. The minimum Gasteiger partial charge on any atom is -0.497 e. The highest BCUT2D eigenvalue weighted by atomic mass is 79.9. The van der Waals surface area contributed by atoms with Gasteiger partial charge in [0.1, 0.15) is 5.75 Å². The van der Waals surface area contributed by atoms with E-state index in [2.05, 4.69) is 51.4 Å². The maximum atomic E-state index is 13.9. The van der Waals surface area contributed by atoms with Crippen molar-refractivity contribution in [2.24, 2.45) is 0 Å². The molecule has 1 amide bonds. The Labute approximate surface area is 178 Å². The molecule has 0 saturated heterocycles. The minimum atomic E-state index is -0.868. The SMILES string of the molecule is CCCCN1C(=O)[C@@]2(NCCc3c2[nH]c2ccc(OC)cc32)c2cc(Br)ccc21. The van der Waals surface area contributed by atoms with Gasteiger partial charge in [0.2, 0.25) is 0 Å². The van der Waals surface area contributed by atoms with Gasteiger partial charge >= 0.3 is 0 Å². The molecule has 2 aromatic carbocycles. The second-order valence-corrected chi connectivity index (χ2v) is 8.70. The second-order valence-electron chi connectivity index (χ2n) is 7.79. The fourth-order valence-corrected chi connectivity index (χ4v) is 5.18. The molecule has 0 radical (unpaired) electrons. The summed E-state index contributed by atoms with van der Waals surface area (Å²) in [6.45, 7) is 3.63. The number of nitrogens with zero attached hydrogens (tertiary/aromatic N) is 1. The molecule has 5 rings (SSSR count). The van der Waals surface area contributed by atoms with E-state index in [0.717, 1.165) is 70.4 Å². The van der Waals surface area contributed by atoms with E-state index in [9.17, 15) is 4.79 Å². The molecule has 5 nitrogen and oxygen atoms in total. The Hall–Kier alpha value is -2.31. The lowest BCUT2D eigenvalue weighted by Crippen LogP contribution is -2.55. The lowest BCUT2D eigenvalue weighted by Gasteiger charge is -2.34. The molecule has 3 aromatic rings. The Kier molecular flexibility index (Phi) is 4.44. The van der Waals surface area contributed by atoms with Crippen molar-refractivity contribution in [1.82, 2.24) is 10.3 Å². The predicted molar refractivity (Wildman–Crippen MR) is 119 cm³/mol. The van der Waals surface area contributed by atoms with Crippen molar-refractivity contribution in [3.05, 3.63) is 57.7 Å². The topological polar surface area (TPSA) is 57.4 Å². The number of hydrogen-bond acceptors (Lipinski definition) is 3. The zero-order valence-electron chi connectivity index (χ0n) is 16.6. The van der Waals surface area contributed by atoms with Gasteiger partial charge in [0.05, 0.1) is 12.8 Å². The molecule has 0 aliphatic carbocycles. The summed E-state index contributed by atoms with van der Waals surface area (Å²) in [6.07, 6.45) is 2.90. The van der Waals surface area contributed by atoms with Crippen molar-refractivity contribution in [2.75, 3.05) is 25.1 Å². The molecule has 6 heteroatoms. The zero-order valence-corrected chi connectivity index (χ0v) is 18.2. The molecule has 2 N–H and O–H groups in total. The van der Waals surface area contributed by atoms with Crippen LogP contribution in [0.4, 0.5) is 5.69 Å². The fraction of sp³-hybridized carbons (Fsp3) is 0.348. The number of halogens is 1. The first-order valence-corrected chi connectivity index (χ1v) is 11.0. The number of benzene rings is 2. The molecule has 150 valence electrons. The van der Waals surface area contributed by atoms with Crippen LogP contribution in [0.1, 0.15) is 36.6 Å². The van der Waals surface area contributed by atoms with E-state index in [1.165, 1.54) is 5.56 Å². The first-order valence-electron chi connectivity index (χ1n) is 10.2. The predicted octanol–water partition coefficient (Wildman–Crippen LogP) is 4.48. The Balaban J connectivity index is 1.76. The normalized spacial score (nSPS) is 20.4. The van der Waals surface area contributed by atoms with Crippen LogP contribution in [0, 0.1) is 0 Å². The van der Waals surface area contributed by atoms with Gasteiger partial charge in [-0.1, -0.05) is 29.3 Å². The molecule has 2 aliphatic heterocycles. The molecule has 0 bridgehead atoms. The van der Waals surface area contributed by atoms with Crippen LogP contribution in [0.2, 0.25) is 0 Å². The highest BCUT2D eigenvalue weighted by Gasteiger charge is 2.55. The lowest BCUT2D eigenvalue weighted by molar-refractivity contribution is -0.123. The molecule has 0 saturated carbocycles. The number of methoxy groups -OCH3 is 1. The monoisotopic (exact) mass is 453 g/mol. The molecular formula is C23H24BrN3O2. The molecule has 29 heavy (non-hydrogen) atoms. The van der Waals surface area contributed by atoms with E-state index in [0.29, 0.717) is 0 Å². The average molecular weight is 454 g/mol. The third-order valence-corrected chi connectivity index (χ3v) is 6.70. The van der Waals surface area contributed by atoms with Gasteiger partial charge in [-0.3, -0.25) is 10.1 Å². The van der Waals surface area contributed by atoms with Crippen LogP contribution in [0.15, 0.2) is 40.9 Å². The van der Waals surface area contributed by atoms with Crippen LogP contribution in [0.25, 0.3) is 10.9 Å². The molecule has 0 unspecified atom stereocenters. The van der Waals surface area contributed by atoms with Crippen molar-refractivity contribution in [1.29, 1.82) is 0 Å². The van der Waals surface area contributed by atoms with Crippen LogP contribution >= 0.6 is 15.9 Å². The number of H-pyrrole nitrogens is 1. The van der Waals surface area contributed by atoms with Crippen molar-refractivity contribution < 1.29 is 9.53 Å². The van der Waals surface area contributed by atoms with Crippen LogP contribution in [-0.2, 0) is 16.8 Å². The smallest absolute Gasteiger partial charge is 0.258 e. The fourth-order valence-electron chi connectivity index (χ4n) is 4.82. The van der Waals surface area contributed by atoms with Crippen LogP contribution in [-0.4, -0.2) is 31.1 Å². The number of aromatic nitrogens is 1. The summed E-state index contributed by atoms with van der Waals surface area (Å²) >= 11 is 3.62. The van der Waals surface area contributed by atoms with Crippen LogP contribution in [0.3, 0.4) is 0 Å². The van der Waals surface area contributed by atoms with E-state index in [1.54, 1.807) is 7.11 Å². The Morgan fingerprint density at radius 2 is 2.10 bits per heavy atom. The third kappa shape index (κ3) is 2.58. The van der Waals surface area contributed by atoms with Gasteiger partial charge in [0.25, 0.3) is 5.91 Å². The van der Waals surface area contributed by atoms with Crippen molar-refractivity contribution in [3.8, 4) is 5.75 Å². The zero-order chi connectivity index (χ0) is 20.2. The highest BCUT2D eigenvalue weighted by Crippen LogP contribution is 2.49. The van der Waals surface area contributed by atoms with E-state index >= 15 is 0 Å². The van der Waals surface area contributed by atoms with Crippen molar-refractivity contribution in [2.45, 2.75) is 31.7 Å². The van der Waals surface area contributed by atoms with E-state index in [-0.39, 0.29) is 5.91 Å². The minimum absolute atomic E-state index is 0.110. The molecule has 1 aromatic heterocycles. The molecule has 1 atom stereocenters. The summed E-state index contributed by atoms with van der Waals surface area (Å²) in [4.78, 5) is 19.5. The largest absolute Gasteiger partial charge is 0.497 e. The van der Waals surface area contributed by atoms with Crippen LogP contribution in [0.5, 0.6) is 5.75 Å². The number of nitrogens with one attached hydrogen (secondary N) is 2. The van der Waals surface area contributed by atoms with Gasteiger partial charge in [0.15, 0.2) is 5.54 Å². The molecule has 3 heterocycles. The number of amides is 1. The maximum absolute atomic E-state index is 13.9. The number of ether oxygens (including phenoxy) is 1. The number of fused-ring (bicyclic) bond motifs is 6. The van der Waals surface area contributed by atoms with Gasteiger partial charge in [-0.25, -0.2) is 0 Å². The summed E-state index contributed by atoms with van der Waals surface area (Å²) < 4.78 is 6.42. The number of rotatable bonds is 4. The Morgan fingerprint density at radius 1 is 1.24 bits per heavy atom. The summed E-state index contributed by atoms with van der Waals surface area (Å²) in [7, 11) is 1.68. The highest BCUT2D eigenvalue weighted by molar-refractivity contribution is 9.10. The van der Waals surface area contributed by atoms with E-state index in [1.807, 2.05) is 23.1 Å². The first kappa shape index (κ1) is 18.7. The first-order chi connectivity index (χ1) is 14.1. The maximum Gasteiger partial charge on any atom is 0.258 e. The van der Waals surface area contributed by atoms with Gasteiger partial charge < -0.3 is 14.6 Å². The number of anilines is 1. The number of aromatic amines is 1. The molecule has 0 fully saturated rings. The van der Waals surface area contributed by atoms with E-state index in [4.69, 9.17) is 4.74 Å². The third-order valence-electron chi connectivity index (χ3n) is 6.21. The quantitative estimate of drug-likeness (QED) is 0.612. The van der Waals surface area contributed by atoms with Gasteiger partial charge in [0, 0.05) is 39.7 Å². The summed E-state index contributed by atoms with van der Waals surface area (Å²) in [6, 6.07) is 12.2. The Morgan fingerprint density at radius 3 is 2.90 bits per heavy atom. The lowest BCUT2D eigenvalue weighted by atomic mass is 9.82. The Bertz CT molecular complexity index is 1120. The van der Waals surface area contributed by atoms with Crippen molar-refractivity contribution in [3.63, 3.8) is 0 Å². The molecular weight excluding hydrogens is 430 g/mol. The average Bonchev–Trinajstić information content (AvgIpc) is 3.22. The molecule has 1 spiro atoms. The van der Waals surface area contributed by atoms with Gasteiger partial charge in [-0.2, -0.15) is 0 Å². The summed E-state index contributed by atoms with van der Waals surface area (Å²) in [5.41, 5.74) is 4.36. The van der Waals surface area contributed by atoms with Crippen molar-refractivity contribution >= 4 is 38.4 Å². The number of unbranched alkanes of at least 4 members (excludes halogenated alkanes) is 1. The second kappa shape index (κ2) is 6.89. The standard InChI is InChI=1S/C23H24BrN3O2/c1-3-4-11-27-20-8-5-14(24)12-18(20)23(22(27)28)21-16(9-10-25-23)17-13-15(29-2)6-7-19(17)26-21/h5-8,12-13,25-26H,3-4,9-11H2,1-2H3/t23-/m1/s1. The van der Waals surface area contributed by atoms with Crippen LogP contribution < -0.4 is 15.0 Å². The summed E-state index contributed by atoms with van der Waals surface area (Å²) in [5, 5.41) is 4.74. The number of carbonyl (C=O) groups is 1. The van der Waals surface area contributed by atoms with Gasteiger partial charge in [-0.15, -0.1) is 0 Å². The van der Waals surface area contributed by atoms with E-state index < -0.39 is 5.54 Å². The number of carbonyl (C=O) groups excluding carboxylic acids is 1. The number of hydrogen-bond donors (Lipinski definition) is 2. The van der Waals surface area contributed by atoms with Gasteiger partial charge in [-0.05, 0) is 54.8 Å².